The van der Waals surface area contributed by atoms with Gasteiger partial charge in [0, 0.05) is 15.6 Å². The van der Waals surface area contributed by atoms with Gasteiger partial charge in [0.2, 0.25) is 0 Å². The predicted octanol–water partition coefficient (Wildman–Crippen LogP) is 5.43. The van der Waals surface area contributed by atoms with Crippen molar-refractivity contribution in [1.82, 2.24) is 9.78 Å². The van der Waals surface area contributed by atoms with E-state index in [0.717, 1.165) is 27.0 Å². The van der Waals surface area contributed by atoms with Crippen LogP contribution in [0.15, 0.2) is 89.4 Å². The summed E-state index contributed by atoms with van der Waals surface area (Å²) in [6, 6.07) is 27.2. The zero-order valence-electron chi connectivity index (χ0n) is 15.3. The third kappa shape index (κ3) is 4.22. The predicted molar refractivity (Wildman–Crippen MR) is 115 cm³/mol. The summed E-state index contributed by atoms with van der Waals surface area (Å²) in [5.41, 5.74) is 4.31. The Morgan fingerprint density at radius 1 is 0.966 bits per heavy atom. The van der Waals surface area contributed by atoms with Crippen molar-refractivity contribution in [1.29, 1.82) is 0 Å². The Labute approximate surface area is 176 Å². The van der Waals surface area contributed by atoms with E-state index in [1.54, 1.807) is 6.07 Å². The lowest BCUT2D eigenvalue weighted by atomic mass is 10.1. The maximum absolute atomic E-state index is 10.9. The van der Waals surface area contributed by atoms with Crippen molar-refractivity contribution in [3.63, 3.8) is 0 Å². The van der Waals surface area contributed by atoms with Crippen LogP contribution in [0.4, 0.5) is 0 Å². The molecular weight excluding hydrogens is 432 g/mol. The number of carboxylic acid groups (broad SMARTS) is 1. The van der Waals surface area contributed by atoms with Gasteiger partial charge in [-0.3, -0.25) is 0 Å². The number of carbonyl (C=O) groups is 1. The Hall–Kier alpha value is -3.38. The Bertz CT molecular complexity index is 1140. The summed E-state index contributed by atoms with van der Waals surface area (Å²) in [6.07, 6.45) is 0. The second-order valence-electron chi connectivity index (χ2n) is 6.35. The fraction of sp³-hybridized carbons (Fsp3) is 0.0435. The smallest absolute Gasteiger partial charge is 0.341 e. The molecule has 0 unspecified atom stereocenters. The molecule has 0 aliphatic rings. The van der Waals surface area contributed by atoms with Gasteiger partial charge in [0.05, 0.1) is 17.1 Å². The molecule has 0 atom stereocenters. The standard InChI is InChI=1S/C23H17BrN2O3/c24-17-10-12-18(13-11-17)26-21(16-6-2-1-3-7-16)14-20(25-26)19-8-4-5-9-22(19)29-15-23(27)28/h1-14H,15H2,(H,27,28). The van der Waals surface area contributed by atoms with Crippen LogP contribution in [-0.2, 0) is 4.79 Å². The largest absolute Gasteiger partial charge is 0.481 e. The van der Waals surface area contributed by atoms with Gasteiger partial charge >= 0.3 is 5.97 Å². The second kappa shape index (κ2) is 8.32. The third-order valence-electron chi connectivity index (χ3n) is 4.36. The van der Waals surface area contributed by atoms with Crippen molar-refractivity contribution >= 4 is 21.9 Å². The molecule has 5 nitrogen and oxygen atoms in total. The van der Waals surface area contributed by atoms with Crippen LogP contribution in [0, 0.1) is 0 Å². The van der Waals surface area contributed by atoms with Gasteiger partial charge in [0.1, 0.15) is 5.75 Å². The van der Waals surface area contributed by atoms with E-state index in [1.807, 2.05) is 83.5 Å². The second-order valence-corrected chi connectivity index (χ2v) is 7.26. The molecule has 0 aliphatic carbocycles. The number of hydrogen-bond acceptors (Lipinski definition) is 3. The molecule has 0 fully saturated rings. The maximum atomic E-state index is 10.9. The number of ether oxygens (including phenoxy) is 1. The van der Waals surface area contributed by atoms with Gasteiger partial charge in [-0.2, -0.15) is 5.10 Å². The molecule has 0 amide bonds. The molecule has 0 saturated heterocycles. The number of halogens is 1. The number of aliphatic carboxylic acids is 1. The molecule has 0 saturated carbocycles. The normalized spacial score (nSPS) is 10.7. The monoisotopic (exact) mass is 448 g/mol. The molecule has 0 radical (unpaired) electrons. The Balaban J connectivity index is 1.84. The summed E-state index contributed by atoms with van der Waals surface area (Å²) in [5.74, 6) is -0.542. The van der Waals surface area contributed by atoms with Crippen molar-refractivity contribution in [3.05, 3.63) is 89.4 Å². The Morgan fingerprint density at radius 3 is 2.38 bits per heavy atom. The lowest BCUT2D eigenvalue weighted by molar-refractivity contribution is -0.139. The van der Waals surface area contributed by atoms with Crippen LogP contribution < -0.4 is 4.74 Å². The molecule has 4 rings (SSSR count). The Kier molecular flexibility index (Phi) is 5.44. The van der Waals surface area contributed by atoms with E-state index in [-0.39, 0.29) is 0 Å². The molecule has 1 aromatic heterocycles. The first kappa shape index (κ1) is 19.0. The van der Waals surface area contributed by atoms with Gasteiger partial charge in [-0.15, -0.1) is 0 Å². The zero-order chi connectivity index (χ0) is 20.2. The van der Waals surface area contributed by atoms with Crippen molar-refractivity contribution < 1.29 is 14.6 Å². The number of rotatable bonds is 6. The van der Waals surface area contributed by atoms with Gasteiger partial charge in [-0.05, 0) is 42.5 Å². The summed E-state index contributed by atoms with van der Waals surface area (Å²) < 4.78 is 8.34. The van der Waals surface area contributed by atoms with E-state index in [1.165, 1.54) is 0 Å². The van der Waals surface area contributed by atoms with Crippen molar-refractivity contribution in [2.24, 2.45) is 0 Å². The maximum Gasteiger partial charge on any atom is 0.341 e. The number of para-hydroxylation sites is 1. The lowest BCUT2D eigenvalue weighted by Gasteiger charge is -2.08. The average molecular weight is 449 g/mol. The van der Waals surface area contributed by atoms with Crippen molar-refractivity contribution in [2.45, 2.75) is 0 Å². The van der Waals surface area contributed by atoms with Gasteiger partial charge in [-0.1, -0.05) is 58.4 Å². The summed E-state index contributed by atoms with van der Waals surface area (Å²) in [4.78, 5) is 10.9. The molecule has 1 heterocycles. The highest BCUT2D eigenvalue weighted by Crippen LogP contribution is 2.33. The van der Waals surface area contributed by atoms with Gasteiger partial charge < -0.3 is 9.84 Å². The fourth-order valence-corrected chi connectivity index (χ4v) is 3.31. The van der Waals surface area contributed by atoms with Crippen LogP contribution in [0.3, 0.4) is 0 Å². The van der Waals surface area contributed by atoms with Crippen LogP contribution in [-0.4, -0.2) is 27.5 Å². The van der Waals surface area contributed by atoms with Crippen LogP contribution in [0.2, 0.25) is 0 Å². The number of hydrogen-bond donors (Lipinski definition) is 1. The number of carboxylic acids is 1. The van der Waals surface area contributed by atoms with E-state index in [2.05, 4.69) is 15.9 Å². The van der Waals surface area contributed by atoms with E-state index in [0.29, 0.717) is 11.4 Å². The molecule has 0 bridgehead atoms. The first-order chi connectivity index (χ1) is 14.1. The topological polar surface area (TPSA) is 64.3 Å². The molecule has 0 aliphatic heterocycles. The van der Waals surface area contributed by atoms with Gasteiger partial charge in [0.25, 0.3) is 0 Å². The molecule has 6 heteroatoms. The first-order valence-corrected chi connectivity index (χ1v) is 9.76. The van der Waals surface area contributed by atoms with E-state index >= 15 is 0 Å². The lowest BCUT2D eigenvalue weighted by Crippen LogP contribution is -2.10. The van der Waals surface area contributed by atoms with E-state index in [4.69, 9.17) is 14.9 Å². The molecule has 144 valence electrons. The molecule has 3 aromatic carbocycles. The highest BCUT2D eigenvalue weighted by Gasteiger charge is 2.16. The van der Waals surface area contributed by atoms with Gasteiger partial charge in [-0.25, -0.2) is 9.48 Å². The van der Waals surface area contributed by atoms with Crippen LogP contribution in [0.1, 0.15) is 0 Å². The average Bonchev–Trinajstić information content (AvgIpc) is 3.19. The number of nitrogens with zero attached hydrogens (tertiary/aromatic N) is 2. The zero-order valence-corrected chi connectivity index (χ0v) is 16.9. The molecule has 0 spiro atoms. The minimum absolute atomic E-state index is 0.407. The van der Waals surface area contributed by atoms with E-state index < -0.39 is 12.6 Å². The van der Waals surface area contributed by atoms with Crippen LogP contribution in [0.25, 0.3) is 28.2 Å². The summed E-state index contributed by atoms with van der Waals surface area (Å²) in [6.45, 7) is -0.407. The molecule has 29 heavy (non-hydrogen) atoms. The van der Waals surface area contributed by atoms with Crippen LogP contribution >= 0.6 is 15.9 Å². The van der Waals surface area contributed by atoms with Crippen LogP contribution in [0.5, 0.6) is 5.75 Å². The summed E-state index contributed by atoms with van der Waals surface area (Å²) in [7, 11) is 0. The van der Waals surface area contributed by atoms with E-state index in [9.17, 15) is 4.79 Å². The quantitative estimate of drug-likeness (QED) is 0.426. The van der Waals surface area contributed by atoms with Crippen molar-refractivity contribution in [3.8, 4) is 34.0 Å². The summed E-state index contributed by atoms with van der Waals surface area (Å²) in [5, 5.41) is 13.8. The number of aromatic nitrogens is 2. The Morgan fingerprint density at radius 2 is 1.66 bits per heavy atom. The highest BCUT2D eigenvalue weighted by atomic mass is 79.9. The minimum Gasteiger partial charge on any atom is -0.481 e. The highest BCUT2D eigenvalue weighted by molar-refractivity contribution is 9.10. The third-order valence-corrected chi connectivity index (χ3v) is 4.89. The SMILES string of the molecule is O=C(O)COc1ccccc1-c1cc(-c2ccccc2)n(-c2ccc(Br)cc2)n1. The first-order valence-electron chi connectivity index (χ1n) is 8.97. The molecular formula is C23H17BrN2O3. The molecule has 1 N–H and O–H groups in total. The van der Waals surface area contributed by atoms with Crippen molar-refractivity contribution in [2.75, 3.05) is 6.61 Å². The summed E-state index contributed by atoms with van der Waals surface area (Å²) >= 11 is 3.47. The number of benzene rings is 3. The van der Waals surface area contributed by atoms with Gasteiger partial charge in [0.15, 0.2) is 6.61 Å². The molecule has 4 aromatic rings. The minimum atomic E-state index is -1.02. The fourth-order valence-electron chi connectivity index (χ4n) is 3.05.